The summed E-state index contributed by atoms with van der Waals surface area (Å²) in [5.74, 6) is 0.428. The quantitative estimate of drug-likeness (QED) is 0.365. The summed E-state index contributed by atoms with van der Waals surface area (Å²) in [6.07, 6.45) is 1.61. The molecular formula is C27H30N4O4. The molecule has 0 saturated carbocycles. The van der Waals surface area contributed by atoms with Crippen LogP contribution >= 0.6 is 0 Å². The van der Waals surface area contributed by atoms with Crippen LogP contribution in [0.2, 0.25) is 0 Å². The Morgan fingerprint density at radius 2 is 1.74 bits per heavy atom. The lowest BCUT2D eigenvalue weighted by molar-refractivity contribution is -0.119. The highest BCUT2D eigenvalue weighted by Gasteiger charge is 2.22. The number of hydrogen-bond donors (Lipinski definition) is 1. The van der Waals surface area contributed by atoms with Crippen LogP contribution in [0, 0.1) is 34.6 Å². The van der Waals surface area contributed by atoms with Crippen molar-refractivity contribution in [3.63, 3.8) is 0 Å². The van der Waals surface area contributed by atoms with Gasteiger partial charge in [-0.3, -0.25) is 4.79 Å². The zero-order chi connectivity index (χ0) is 25.4. The molecule has 1 N–H and O–H groups in total. The molecule has 4 rings (SSSR count). The molecule has 0 unspecified atom stereocenters. The lowest BCUT2D eigenvalue weighted by Crippen LogP contribution is -2.22. The summed E-state index contributed by atoms with van der Waals surface area (Å²) in [6.45, 7) is 13.2. The van der Waals surface area contributed by atoms with Gasteiger partial charge in [-0.25, -0.2) is 14.5 Å². The smallest absolute Gasteiger partial charge is 0.339 e. The summed E-state index contributed by atoms with van der Waals surface area (Å²) in [5.41, 5.74) is 5.99. The maximum absolute atomic E-state index is 13.2. The molecule has 4 aromatic rings. The fourth-order valence-corrected chi connectivity index (χ4v) is 4.35. The number of ether oxygens (including phenoxy) is 1. The van der Waals surface area contributed by atoms with Crippen LogP contribution in [0.5, 0.6) is 0 Å². The Hall–Kier alpha value is -3.94. The Balaban J connectivity index is 1.63. The summed E-state index contributed by atoms with van der Waals surface area (Å²) < 4.78 is 12.9. The van der Waals surface area contributed by atoms with Crippen molar-refractivity contribution in [2.45, 2.75) is 54.5 Å². The van der Waals surface area contributed by atoms with Gasteiger partial charge in [-0.1, -0.05) is 17.7 Å². The van der Waals surface area contributed by atoms with E-state index in [0.717, 1.165) is 33.7 Å². The van der Waals surface area contributed by atoms with Crippen molar-refractivity contribution < 1.29 is 18.7 Å². The van der Waals surface area contributed by atoms with E-state index in [0.29, 0.717) is 28.1 Å². The third-order valence-electron chi connectivity index (χ3n) is 5.87. The second-order valence-electron chi connectivity index (χ2n) is 9.20. The van der Waals surface area contributed by atoms with Crippen LogP contribution < -0.4 is 5.32 Å². The predicted molar refractivity (Wildman–Crippen MR) is 135 cm³/mol. The molecule has 8 nitrogen and oxygen atoms in total. The molecule has 8 heteroatoms. The summed E-state index contributed by atoms with van der Waals surface area (Å²) in [6, 6.07) is 7.58. The number of rotatable bonds is 6. The van der Waals surface area contributed by atoms with E-state index in [1.807, 2.05) is 66.7 Å². The molecule has 0 aliphatic carbocycles. The van der Waals surface area contributed by atoms with Crippen molar-refractivity contribution in [2.75, 3.05) is 11.9 Å². The first-order chi connectivity index (χ1) is 16.5. The molecular weight excluding hydrogens is 444 g/mol. The number of anilines is 1. The first-order valence-corrected chi connectivity index (χ1v) is 11.6. The Kier molecular flexibility index (Phi) is 6.47. The van der Waals surface area contributed by atoms with E-state index in [1.165, 1.54) is 0 Å². The third kappa shape index (κ3) is 4.82. The van der Waals surface area contributed by atoms with Gasteiger partial charge in [-0.2, -0.15) is 5.10 Å². The number of esters is 1. The average molecular weight is 475 g/mol. The lowest BCUT2D eigenvalue weighted by atomic mass is 10.1. The van der Waals surface area contributed by atoms with Gasteiger partial charge in [0.2, 0.25) is 0 Å². The molecule has 3 aromatic heterocycles. The molecule has 1 amide bonds. The second-order valence-corrected chi connectivity index (χ2v) is 9.20. The number of benzene rings is 1. The number of hydrogen-bond acceptors (Lipinski definition) is 6. The number of aromatic nitrogens is 3. The van der Waals surface area contributed by atoms with Crippen LogP contribution in [-0.2, 0) is 9.53 Å². The van der Waals surface area contributed by atoms with Crippen molar-refractivity contribution in [2.24, 2.45) is 0 Å². The van der Waals surface area contributed by atoms with Gasteiger partial charge >= 0.3 is 5.97 Å². The largest absolute Gasteiger partial charge is 0.466 e. The van der Waals surface area contributed by atoms with Gasteiger partial charge in [0.15, 0.2) is 12.3 Å². The van der Waals surface area contributed by atoms with E-state index < -0.39 is 18.5 Å². The molecule has 0 atom stereocenters. The molecule has 0 saturated heterocycles. The van der Waals surface area contributed by atoms with Gasteiger partial charge in [-0.15, -0.1) is 0 Å². The average Bonchev–Trinajstić information content (AvgIpc) is 3.36. The molecule has 0 aliphatic rings. The molecule has 0 aliphatic heterocycles. The topological polar surface area (TPSA) is 99.2 Å². The first-order valence-electron chi connectivity index (χ1n) is 11.6. The fourth-order valence-electron chi connectivity index (χ4n) is 4.35. The van der Waals surface area contributed by atoms with E-state index in [1.54, 1.807) is 16.9 Å². The van der Waals surface area contributed by atoms with E-state index in [9.17, 15) is 9.59 Å². The van der Waals surface area contributed by atoms with Gasteiger partial charge in [0.05, 0.1) is 22.8 Å². The van der Waals surface area contributed by atoms with E-state index in [-0.39, 0.29) is 6.04 Å². The monoisotopic (exact) mass is 474 g/mol. The molecule has 182 valence electrons. The van der Waals surface area contributed by atoms with Gasteiger partial charge in [-0.05, 0) is 71.7 Å². The highest BCUT2D eigenvalue weighted by atomic mass is 16.5. The Labute approximate surface area is 204 Å². The minimum Gasteiger partial charge on any atom is -0.466 e. The van der Waals surface area contributed by atoms with E-state index >= 15 is 0 Å². The van der Waals surface area contributed by atoms with Crippen LogP contribution in [0.4, 0.5) is 5.69 Å². The van der Waals surface area contributed by atoms with Gasteiger partial charge < -0.3 is 14.5 Å². The number of nitrogens with zero attached hydrogens (tertiary/aromatic N) is 3. The number of carbonyl (C=O) groups excluding carboxylic acids is 2. The van der Waals surface area contributed by atoms with Crippen LogP contribution in [0.3, 0.4) is 0 Å². The van der Waals surface area contributed by atoms with Crippen molar-refractivity contribution >= 4 is 28.6 Å². The standard InChI is InChI=1S/C27H30N4O4/c1-14(2)31-26-22(12-28-31)21(11-23(29-26)20-10-18(6)35-19(20)7)27(33)34-13-24(32)30-25-16(4)8-15(3)9-17(25)5/h8-12,14H,13H2,1-7H3,(H,30,32). The molecule has 0 fully saturated rings. The second kappa shape index (κ2) is 9.37. The Morgan fingerprint density at radius 3 is 2.34 bits per heavy atom. The molecule has 0 bridgehead atoms. The molecule has 1 aromatic carbocycles. The summed E-state index contributed by atoms with van der Waals surface area (Å²) in [4.78, 5) is 30.5. The maximum Gasteiger partial charge on any atom is 0.339 e. The number of nitrogens with one attached hydrogen (secondary N) is 1. The van der Waals surface area contributed by atoms with Gasteiger partial charge in [0.25, 0.3) is 5.91 Å². The van der Waals surface area contributed by atoms with Gasteiger partial charge in [0, 0.05) is 17.3 Å². The fraction of sp³-hybridized carbons (Fsp3) is 0.333. The zero-order valence-electron chi connectivity index (χ0n) is 21.1. The number of fused-ring (bicyclic) bond motifs is 1. The highest BCUT2D eigenvalue weighted by molar-refractivity contribution is 6.05. The van der Waals surface area contributed by atoms with Crippen LogP contribution in [0.1, 0.15) is 58.5 Å². The van der Waals surface area contributed by atoms with Crippen LogP contribution in [0.25, 0.3) is 22.3 Å². The first kappa shape index (κ1) is 24.2. The van der Waals surface area contributed by atoms with Crippen molar-refractivity contribution in [1.82, 2.24) is 14.8 Å². The number of pyridine rings is 1. The summed E-state index contributed by atoms with van der Waals surface area (Å²) in [7, 11) is 0. The minimum absolute atomic E-state index is 0.0399. The summed E-state index contributed by atoms with van der Waals surface area (Å²) in [5, 5.41) is 7.85. The van der Waals surface area contributed by atoms with Crippen LogP contribution in [-0.4, -0.2) is 33.2 Å². The molecule has 0 radical (unpaired) electrons. The van der Waals surface area contributed by atoms with E-state index in [4.69, 9.17) is 14.1 Å². The number of furan rings is 1. The normalized spacial score (nSPS) is 11.3. The highest BCUT2D eigenvalue weighted by Crippen LogP contribution is 2.30. The van der Waals surface area contributed by atoms with Crippen molar-refractivity contribution in [3.8, 4) is 11.3 Å². The summed E-state index contributed by atoms with van der Waals surface area (Å²) >= 11 is 0. The number of aryl methyl sites for hydroxylation is 5. The van der Waals surface area contributed by atoms with E-state index in [2.05, 4.69) is 10.4 Å². The number of carbonyl (C=O) groups is 2. The van der Waals surface area contributed by atoms with Crippen molar-refractivity contribution in [1.29, 1.82) is 0 Å². The minimum atomic E-state index is -0.618. The van der Waals surface area contributed by atoms with Crippen LogP contribution in [0.15, 0.2) is 34.9 Å². The lowest BCUT2D eigenvalue weighted by Gasteiger charge is -2.13. The zero-order valence-corrected chi connectivity index (χ0v) is 21.1. The third-order valence-corrected chi connectivity index (χ3v) is 5.87. The van der Waals surface area contributed by atoms with Crippen molar-refractivity contribution in [3.05, 3.63) is 64.2 Å². The van der Waals surface area contributed by atoms with Gasteiger partial charge in [0.1, 0.15) is 11.5 Å². The SMILES string of the molecule is Cc1cc(C)c(NC(=O)COC(=O)c2cc(-c3cc(C)oc3C)nc3c2cnn3C(C)C)c(C)c1. The predicted octanol–water partition coefficient (Wildman–Crippen LogP) is 5.61. The molecule has 3 heterocycles. The Morgan fingerprint density at radius 1 is 1.06 bits per heavy atom. The maximum atomic E-state index is 13.2. The molecule has 0 spiro atoms. The molecule has 35 heavy (non-hydrogen) atoms. The number of amides is 1. The Bertz CT molecular complexity index is 1420.